The molecule has 0 radical (unpaired) electrons. The SMILES string of the molecule is NC(=O)COc1cccc(NC(=O)c2ccccc2OCc2ccccc2Cl)c1. The first-order chi connectivity index (χ1) is 14.0. The molecule has 29 heavy (non-hydrogen) atoms. The largest absolute Gasteiger partial charge is 0.488 e. The summed E-state index contributed by atoms with van der Waals surface area (Å²) in [5, 5.41) is 3.39. The monoisotopic (exact) mass is 410 g/mol. The van der Waals surface area contributed by atoms with Crippen LogP contribution in [-0.2, 0) is 11.4 Å². The molecule has 0 aliphatic carbocycles. The van der Waals surface area contributed by atoms with Crippen LogP contribution in [0.25, 0.3) is 0 Å². The quantitative estimate of drug-likeness (QED) is 0.586. The molecule has 0 heterocycles. The number of para-hydroxylation sites is 1. The van der Waals surface area contributed by atoms with Gasteiger partial charge < -0.3 is 20.5 Å². The zero-order valence-corrected chi connectivity index (χ0v) is 16.2. The maximum atomic E-state index is 12.8. The van der Waals surface area contributed by atoms with E-state index in [9.17, 15) is 9.59 Å². The number of ether oxygens (including phenoxy) is 2. The number of hydrogen-bond donors (Lipinski definition) is 2. The highest BCUT2D eigenvalue weighted by Crippen LogP contribution is 2.24. The van der Waals surface area contributed by atoms with E-state index in [4.69, 9.17) is 26.8 Å². The maximum Gasteiger partial charge on any atom is 0.259 e. The molecule has 0 spiro atoms. The van der Waals surface area contributed by atoms with Crippen molar-refractivity contribution < 1.29 is 19.1 Å². The minimum Gasteiger partial charge on any atom is -0.488 e. The lowest BCUT2D eigenvalue weighted by atomic mass is 10.1. The number of primary amides is 1. The van der Waals surface area contributed by atoms with Crippen LogP contribution in [-0.4, -0.2) is 18.4 Å². The van der Waals surface area contributed by atoms with E-state index in [0.717, 1.165) is 5.56 Å². The number of amides is 2. The minimum absolute atomic E-state index is 0.237. The lowest BCUT2D eigenvalue weighted by Crippen LogP contribution is -2.20. The van der Waals surface area contributed by atoms with E-state index in [1.54, 1.807) is 54.6 Å². The van der Waals surface area contributed by atoms with E-state index >= 15 is 0 Å². The Kier molecular flexibility index (Phi) is 6.71. The molecular formula is C22H19ClN2O4. The number of carbonyl (C=O) groups excluding carboxylic acids is 2. The van der Waals surface area contributed by atoms with Crippen LogP contribution in [0.1, 0.15) is 15.9 Å². The standard InChI is InChI=1S/C22H19ClN2O4/c23-19-10-3-1-6-15(19)13-29-20-11-4-2-9-18(20)22(27)25-16-7-5-8-17(12-16)28-14-21(24)26/h1-12H,13-14H2,(H2,24,26)(H,25,27). The molecule has 0 aliphatic rings. The fourth-order valence-corrected chi connectivity index (χ4v) is 2.76. The van der Waals surface area contributed by atoms with Gasteiger partial charge in [-0.05, 0) is 30.3 Å². The Balaban J connectivity index is 1.71. The van der Waals surface area contributed by atoms with Crippen LogP contribution in [0.4, 0.5) is 5.69 Å². The maximum absolute atomic E-state index is 12.8. The molecule has 0 fully saturated rings. The predicted molar refractivity (Wildman–Crippen MR) is 111 cm³/mol. The van der Waals surface area contributed by atoms with Crippen molar-refractivity contribution in [2.75, 3.05) is 11.9 Å². The molecule has 0 atom stereocenters. The lowest BCUT2D eigenvalue weighted by molar-refractivity contribution is -0.119. The van der Waals surface area contributed by atoms with Crippen LogP contribution in [0.15, 0.2) is 72.8 Å². The van der Waals surface area contributed by atoms with E-state index in [2.05, 4.69) is 5.32 Å². The Morgan fingerprint density at radius 1 is 0.931 bits per heavy atom. The van der Waals surface area contributed by atoms with E-state index in [0.29, 0.717) is 27.8 Å². The van der Waals surface area contributed by atoms with Crippen LogP contribution in [0, 0.1) is 0 Å². The summed E-state index contributed by atoms with van der Waals surface area (Å²) in [4.78, 5) is 23.6. The third-order valence-electron chi connectivity index (χ3n) is 3.95. The number of benzene rings is 3. The lowest BCUT2D eigenvalue weighted by Gasteiger charge is -2.13. The van der Waals surface area contributed by atoms with Crippen molar-refractivity contribution in [2.45, 2.75) is 6.61 Å². The highest BCUT2D eigenvalue weighted by molar-refractivity contribution is 6.31. The number of halogens is 1. The molecule has 0 aliphatic heterocycles. The molecule has 3 aromatic rings. The van der Waals surface area contributed by atoms with Crippen molar-refractivity contribution >= 4 is 29.1 Å². The van der Waals surface area contributed by atoms with Crippen LogP contribution in [0.3, 0.4) is 0 Å². The first kappa shape index (κ1) is 20.2. The Bertz CT molecular complexity index is 1020. The smallest absolute Gasteiger partial charge is 0.259 e. The molecule has 3 rings (SSSR count). The van der Waals surface area contributed by atoms with Crippen molar-refractivity contribution in [2.24, 2.45) is 5.73 Å². The van der Waals surface area contributed by atoms with Gasteiger partial charge in [0.1, 0.15) is 18.1 Å². The van der Waals surface area contributed by atoms with Gasteiger partial charge in [0, 0.05) is 22.3 Å². The third-order valence-corrected chi connectivity index (χ3v) is 4.31. The summed E-state index contributed by atoms with van der Waals surface area (Å²) in [6.45, 7) is -0.00344. The summed E-state index contributed by atoms with van der Waals surface area (Å²) in [7, 11) is 0. The number of rotatable bonds is 8. The number of anilines is 1. The van der Waals surface area contributed by atoms with Crippen molar-refractivity contribution in [1.29, 1.82) is 0 Å². The third kappa shape index (κ3) is 5.73. The molecule has 0 saturated carbocycles. The van der Waals surface area contributed by atoms with Gasteiger partial charge in [0.15, 0.2) is 6.61 Å². The van der Waals surface area contributed by atoms with E-state index in [1.807, 2.05) is 18.2 Å². The highest BCUT2D eigenvalue weighted by Gasteiger charge is 2.13. The topological polar surface area (TPSA) is 90.7 Å². The summed E-state index contributed by atoms with van der Waals surface area (Å²) >= 11 is 6.16. The number of nitrogens with two attached hydrogens (primary N) is 1. The Labute approximate surface area is 173 Å². The van der Waals surface area contributed by atoms with Crippen molar-refractivity contribution in [1.82, 2.24) is 0 Å². The van der Waals surface area contributed by atoms with Crippen LogP contribution in [0.2, 0.25) is 5.02 Å². The molecule has 6 nitrogen and oxygen atoms in total. The van der Waals surface area contributed by atoms with Gasteiger partial charge in [-0.15, -0.1) is 0 Å². The van der Waals surface area contributed by atoms with Crippen LogP contribution in [0.5, 0.6) is 11.5 Å². The van der Waals surface area contributed by atoms with E-state index in [-0.39, 0.29) is 19.1 Å². The van der Waals surface area contributed by atoms with Gasteiger partial charge in [-0.3, -0.25) is 9.59 Å². The zero-order chi connectivity index (χ0) is 20.6. The van der Waals surface area contributed by atoms with Gasteiger partial charge >= 0.3 is 0 Å². The van der Waals surface area contributed by atoms with Gasteiger partial charge in [0.2, 0.25) is 0 Å². The second-order valence-electron chi connectivity index (χ2n) is 6.11. The van der Waals surface area contributed by atoms with Crippen LogP contribution < -0.4 is 20.5 Å². The summed E-state index contributed by atoms with van der Waals surface area (Å²) in [6, 6.07) is 21.0. The van der Waals surface area contributed by atoms with E-state index < -0.39 is 5.91 Å². The second-order valence-corrected chi connectivity index (χ2v) is 6.52. The Morgan fingerprint density at radius 3 is 2.48 bits per heavy atom. The summed E-state index contributed by atoms with van der Waals surface area (Å²) in [5.41, 5.74) is 6.79. The molecule has 3 N–H and O–H groups in total. The van der Waals surface area contributed by atoms with Gasteiger partial charge in [-0.25, -0.2) is 0 Å². The average molecular weight is 411 g/mol. The van der Waals surface area contributed by atoms with E-state index in [1.165, 1.54) is 0 Å². The zero-order valence-electron chi connectivity index (χ0n) is 15.4. The fourth-order valence-electron chi connectivity index (χ4n) is 2.57. The second kappa shape index (κ2) is 9.61. The summed E-state index contributed by atoms with van der Waals surface area (Å²) < 4.78 is 11.1. The molecule has 0 unspecified atom stereocenters. The molecule has 2 amide bonds. The first-order valence-corrected chi connectivity index (χ1v) is 9.18. The number of nitrogens with one attached hydrogen (secondary N) is 1. The van der Waals surface area contributed by atoms with Crippen molar-refractivity contribution in [3.8, 4) is 11.5 Å². The van der Waals surface area contributed by atoms with Crippen molar-refractivity contribution in [3.05, 3.63) is 88.9 Å². The van der Waals surface area contributed by atoms with Crippen molar-refractivity contribution in [3.63, 3.8) is 0 Å². The fraction of sp³-hybridized carbons (Fsp3) is 0.0909. The van der Waals surface area contributed by atoms with Gasteiger partial charge in [-0.2, -0.15) is 0 Å². The van der Waals surface area contributed by atoms with Gasteiger partial charge in [0.05, 0.1) is 5.56 Å². The van der Waals surface area contributed by atoms with Crippen LogP contribution >= 0.6 is 11.6 Å². The Morgan fingerprint density at radius 2 is 1.69 bits per heavy atom. The molecule has 3 aromatic carbocycles. The molecule has 0 bridgehead atoms. The molecule has 148 valence electrons. The normalized spacial score (nSPS) is 10.2. The average Bonchev–Trinajstić information content (AvgIpc) is 2.72. The minimum atomic E-state index is -0.580. The summed E-state index contributed by atoms with van der Waals surface area (Å²) in [5.74, 6) is -0.0632. The molecule has 0 saturated heterocycles. The van der Waals surface area contributed by atoms with Gasteiger partial charge in [0.25, 0.3) is 11.8 Å². The molecular weight excluding hydrogens is 392 g/mol. The summed E-state index contributed by atoms with van der Waals surface area (Å²) in [6.07, 6.45) is 0. The Hall–Kier alpha value is -3.51. The number of hydrogen-bond acceptors (Lipinski definition) is 4. The molecule has 0 aromatic heterocycles. The first-order valence-electron chi connectivity index (χ1n) is 8.80. The molecule has 7 heteroatoms. The highest BCUT2D eigenvalue weighted by atomic mass is 35.5. The predicted octanol–water partition coefficient (Wildman–Crippen LogP) is 4.04. The van der Waals surface area contributed by atoms with Gasteiger partial charge in [-0.1, -0.05) is 48.0 Å². The number of carbonyl (C=O) groups is 2.